The van der Waals surface area contributed by atoms with Crippen LogP contribution >= 0.6 is 58.7 Å². The molecule has 174 valence electrons. The lowest BCUT2D eigenvalue weighted by Gasteiger charge is -2.13. The van der Waals surface area contributed by atoms with E-state index in [2.05, 4.69) is 15.5 Å². The third-order valence-corrected chi connectivity index (χ3v) is 8.54. The molecule has 6 nitrogen and oxygen atoms in total. The Morgan fingerprint density at radius 2 is 1.97 bits per heavy atom. The van der Waals surface area contributed by atoms with Crippen molar-refractivity contribution in [1.29, 1.82) is 0 Å². The number of rotatable bonds is 8. The SMILES string of the molecule is Cc1ccc(/C=C2\SC(=S)N(CCC(=O)Nc3nnc(SCc4ccccc4Cl)s3)C2=O)cc1. The van der Waals surface area contributed by atoms with E-state index in [4.69, 9.17) is 23.8 Å². The maximum atomic E-state index is 12.8. The largest absolute Gasteiger partial charge is 0.300 e. The predicted molar refractivity (Wildman–Crippen MR) is 145 cm³/mol. The third kappa shape index (κ3) is 6.45. The molecule has 0 unspecified atom stereocenters. The summed E-state index contributed by atoms with van der Waals surface area (Å²) in [6.07, 6.45) is 1.92. The Kier molecular flexibility index (Phi) is 8.38. The molecule has 1 N–H and O–H groups in total. The van der Waals surface area contributed by atoms with E-state index in [1.165, 1.54) is 39.8 Å². The Morgan fingerprint density at radius 3 is 2.74 bits per heavy atom. The maximum absolute atomic E-state index is 12.8. The number of hydrogen-bond acceptors (Lipinski definition) is 8. The number of carbonyl (C=O) groups is 2. The average Bonchev–Trinajstić information content (AvgIpc) is 3.37. The lowest BCUT2D eigenvalue weighted by atomic mass is 10.1. The summed E-state index contributed by atoms with van der Waals surface area (Å²) in [6.45, 7) is 2.21. The van der Waals surface area contributed by atoms with Gasteiger partial charge < -0.3 is 5.32 Å². The van der Waals surface area contributed by atoms with Gasteiger partial charge in [0.2, 0.25) is 11.0 Å². The molecule has 0 radical (unpaired) electrons. The molecule has 1 aliphatic rings. The molecule has 2 aromatic carbocycles. The number of amides is 2. The van der Waals surface area contributed by atoms with Crippen molar-refractivity contribution in [2.45, 2.75) is 23.4 Å². The van der Waals surface area contributed by atoms with E-state index in [1.807, 2.05) is 61.5 Å². The van der Waals surface area contributed by atoms with Crippen LogP contribution < -0.4 is 5.32 Å². The Hall–Kier alpha value is -2.24. The predicted octanol–water partition coefficient (Wildman–Crippen LogP) is 6.02. The van der Waals surface area contributed by atoms with E-state index in [-0.39, 0.29) is 24.8 Å². The van der Waals surface area contributed by atoms with Crippen molar-refractivity contribution in [2.75, 3.05) is 11.9 Å². The number of aromatic nitrogens is 2. The minimum atomic E-state index is -0.254. The van der Waals surface area contributed by atoms with E-state index < -0.39 is 0 Å². The molecule has 3 aromatic rings. The molecule has 2 amide bonds. The molecule has 0 spiro atoms. The van der Waals surface area contributed by atoms with Gasteiger partial charge in [0.05, 0.1) is 4.91 Å². The lowest BCUT2D eigenvalue weighted by Crippen LogP contribution is -2.31. The van der Waals surface area contributed by atoms with Gasteiger partial charge in [-0.1, -0.05) is 107 Å². The van der Waals surface area contributed by atoms with Crippen LogP contribution in [0.4, 0.5) is 5.13 Å². The zero-order valence-electron chi connectivity index (χ0n) is 18.0. The van der Waals surface area contributed by atoms with Crippen LogP contribution in [0.15, 0.2) is 57.8 Å². The van der Waals surface area contributed by atoms with Gasteiger partial charge in [-0.05, 0) is 30.2 Å². The molecule has 4 rings (SSSR count). The maximum Gasteiger partial charge on any atom is 0.266 e. The minimum absolute atomic E-state index is 0.103. The molecule has 0 saturated carbocycles. The highest BCUT2D eigenvalue weighted by atomic mass is 35.5. The molecular formula is C23H19ClN4O2S4. The van der Waals surface area contributed by atoms with E-state index in [0.29, 0.717) is 25.1 Å². The summed E-state index contributed by atoms with van der Waals surface area (Å²) in [4.78, 5) is 27.2. The van der Waals surface area contributed by atoms with Crippen molar-refractivity contribution in [1.82, 2.24) is 15.1 Å². The quantitative estimate of drug-likeness (QED) is 0.160. The highest BCUT2D eigenvalue weighted by molar-refractivity contribution is 8.26. The van der Waals surface area contributed by atoms with Crippen LogP contribution in [0.2, 0.25) is 5.02 Å². The molecule has 34 heavy (non-hydrogen) atoms. The first-order valence-electron chi connectivity index (χ1n) is 10.2. The number of thioether (sulfide) groups is 2. The topological polar surface area (TPSA) is 75.2 Å². The minimum Gasteiger partial charge on any atom is -0.300 e. The number of benzene rings is 2. The van der Waals surface area contributed by atoms with Gasteiger partial charge in [0.1, 0.15) is 4.32 Å². The Bertz CT molecular complexity index is 1260. The number of hydrogen-bond donors (Lipinski definition) is 1. The summed E-state index contributed by atoms with van der Waals surface area (Å²) < 4.78 is 1.18. The number of nitrogens with one attached hydrogen (secondary N) is 1. The van der Waals surface area contributed by atoms with Gasteiger partial charge in [-0.3, -0.25) is 14.5 Å². The molecule has 2 heterocycles. The Balaban J connectivity index is 1.28. The van der Waals surface area contributed by atoms with Gasteiger partial charge in [0, 0.05) is 23.7 Å². The average molecular weight is 547 g/mol. The lowest BCUT2D eigenvalue weighted by molar-refractivity contribution is -0.122. The summed E-state index contributed by atoms with van der Waals surface area (Å²) >= 11 is 15.6. The van der Waals surface area contributed by atoms with Crippen LogP contribution in [0.5, 0.6) is 0 Å². The number of thiocarbonyl (C=S) groups is 1. The summed E-state index contributed by atoms with van der Waals surface area (Å²) in [5.74, 6) is 0.222. The van der Waals surface area contributed by atoms with Crippen molar-refractivity contribution in [3.63, 3.8) is 0 Å². The Morgan fingerprint density at radius 1 is 1.21 bits per heavy atom. The van der Waals surface area contributed by atoms with Crippen LogP contribution in [-0.4, -0.2) is 37.8 Å². The second kappa shape index (κ2) is 11.5. The molecule has 1 fully saturated rings. The van der Waals surface area contributed by atoms with Gasteiger partial charge in [-0.25, -0.2) is 0 Å². The number of aryl methyl sites for hydroxylation is 1. The first-order valence-corrected chi connectivity index (χ1v) is 13.6. The number of carbonyl (C=O) groups excluding carboxylic acids is 2. The van der Waals surface area contributed by atoms with Crippen molar-refractivity contribution in [3.05, 3.63) is 75.1 Å². The van der Waals surface area contributed by atoms with Crippen LogP contribution in [-0.2, 0) is 15.3 Å². The molecule has 11 heteroatoms. The molecule has 0 aliphatic carbocycles. The van der Waals surface area contributed by atoms with Crippen molar-refractivity contribution in [2.24, 2.45) is 0 Å². The molecule has 1 aromatic heterocycles. The third-order valence-electron chi connectivity index (χ3n) is 4.77. The first kappa shape index (κ1) is 24.9. The second-order valence-electron chi connectivity index (χ2n) is 7.30. The fraction of sp³-hybridized carbons (Fsp3) is 0.174. The van der Waals surface area contributed by atoms with Crippen LogP contribution in [0, 0.1) is 6.92 Å². The summed E-state index contributed by atoms with van der Waals surface area (Å²) in [5, 5.41) is 12.0. The Labute approximate surface area is 220 Å². The molecule has 0 atom stereocenters. The number of nitrogens with zero attached hydrogens (tertiary/aromatic N) is 3. The van der Waals surface area contributed by atoms with E-state index >= 15 is 0 Å². The zero-order chi connectivity index (χ0) is 24.1. The van der Waals surface area contributed by atoms with E-state index in [1.54, 1.807) is 0 Å². The molecule has 1 aliphatic heterocycles. The normalized spacial score (nSPS) is 14.8. The summed E-state index contributed by atoms with van der Waals surface area (Å²) in [5.41, 5.74) is 3.09. The van der Waals surface area contributed by atoms with Crippen LogP contribution in [0.25, 0.3) is 6.08 Å². The van der Waals surface area contributed by atoms with Gasteiger partial charge in [0.25, 0.3) is 5.91 Å². The van der Waals surface area contributed by atoms with Crippen LogP contribution in [0.3, 0.4) is 0 Å². The molecular weight excluding hydrogens is 528 g/mol. The van der Waals surface area contributed by atoms with Crippen molar-refractivity contribution >= 4 is 86.0 Å². The first-order chi connectivity index (χ1) is 16.4. The van der Waals surface area contributed by atoms with Gasteiger partial charge in [-0.15, -0.1) is 10.2 Å². The van der Waals surface area contributed by atoms with Gasteiger partial charge in [-0.2, -0.15) is 0 Å². The zero-order valence-corrected chi connectivity index (χ0v) is 22.0. The van der Waals surface area contributed by atoms with E-state index in [9.17, 15) is 9.59 Å². The van der Waals surface area contributed by atoms with Crippen molar-refractivity contribution < 1.29 is 9.59 Å². The fourth-order valence-electron chi connectivity index (χ4n) is 2.98. The van der Waals surface area contributed by atoms with Crippen molar-refractivity contribution in [3.8, 4) is 0 Å². The number of anilines is 1. The van der Waals surface area contributed by atoms with Gasteiger partial charge >= 0.3 is 0 Å². The highest BCUT2D eigenvalue weighted by Crippen LogP contribution is 2.33. The highest BCUT2D eigenvalue weighted by Gasteiger charge is 2.32. The fourth-order valence-corrected chi connectivity index (χ4v) is 6.34. The second-order valence-corrected chi connectivity index (χ2v) is 11.6. The molecule has 0 bridgehead atoms. The summed E-state index contributed by atoms with van der Waals surface area (Å²) in [7, 11) is 0. The standard InChI is InChI=1S/C23H19ClN4O2S4/c1-14-6-8-15(9-7-14)12-18-20(30)28(23(31)33-18)11-10-19(29)25-21-26-27-22(34-21)32-13-16-4-2-3-5-17(16)24/h2-9,12H,10-11,13H2,1H3,(H,25,26,29)/b18-12-. The number of halogens is 1. The molecule has 1 saturated heterocycles. The van der Waals surface area contributed by atoms with E-state index in [0.717, 1.165) is 21.0 Å². The smallest absolute Gasteiger partial charge is 0.266 e. The monoisotopic (exact) mass is 546 g/mol. The van der Waals surface area contributed by atoms with Gasteiger partial charge in [0.15, 0.2) is 4.34 Å². The summed E-state index contributed by atoms with van der Waals surface area (Å²) in [6, 6.07) is 15.5. The van der Waals surface area contributed by atoms with Crippen LogP contribution in [0.1, 0.15) is 23.1 Å².